The molecule has 1 aromatic heterocycles. The zero-order valence-electron chi connectivity index (χ0n) is 20.8. The Kier molecular flexibility index (Phi) is 6.15. The predicted octanol–water partition coefficient (Wildman–Crippen LogP) is 9.02. The Morgan fingerprint density at radius 2 is 1.38 bits per heavy atom. The molecule has 4 aromatic carbocycles. The lowest BCUT2D eigenvalue weighted by Crippen LogP contribution is -2.09. The first-order chi connectivity index (χ1) is 16.6. The summed E-state index contributed by atoms with van der Waals surface area (Å²) in [5, 5.41) is 2.72. The van der Waals surface area contributed by atoms with Gasteiger partial charge in [-0.3, -0.25) is 0 Å². The third kappa shape index (κ3) is 3.98. The van der Waals surface area contributed by atoms with E-state index in [1.54, 1.807) is 0 Å². The highest BCUT2D eigenvalue weighted by Gasteiger charge is 2.15. The minimum Gasteiger partial charge on any atom is -0.345 e. The van der Waals surface area contributed by atoms with Gasteiger partial charge in [-0.1, -0.05) is 57.5 Å². The van der Waals surface area contributed by atoms with Crippen molar-refractivity contribution in [2.75, 3.05) is 11.9 Å². The fraction of sp³-hybridized carbons (Fsp3) is 0.250. The molecule has 0 radical (unpaired) electrons. The Morgan fingerprint density at radius 1 is 0.735 bits per heavy atom. The Bertz CT molecular complexity index is 1410. The van der Waals surface area contributed by atoms with Crippen LogP contribution in [0.2, 0.25) is 0 Å². The van der Waals surface area contributed by atoms with E-state index < -0.39 is 0 Å². The molecule has 0 fully saturated rings. The number of hydrogen-bond donors (Lipinski definition) is 0. The summed E-state index contributed by atoms with van der Waals surface area (Å²) in [6.07, 6.45) is 3.44. The molecule has 0 saturated heterocycles. The van der Waals surface area contributed by atoms with E-state index in [1.807, 2.05) is 0 Å². The van der Waals surface area contributed by atoms with Gasteiger partial charge in [0.25, 0.3) is 0 Å². The molecule has 172 valence electrons. The average molecular weight is 447 g/mol. The van der Waals surface area contributed by atoms with Crippen LogP contribution in [-0.4, -0.2) is 11.6 Å². The number of aryl methyl sites for hydroxylation is 1. The maximum Gasteiger partial charge on any atom is 0.0541 e. The fourth-order valence-electron chi connectivity index (χ4n) is 4.98. The van der Waals surface area contributed by atoms with Gasteiger partial charge in [-0.2, -0.15) is 0 Å². The van der Waals surface area contributed by atoms with Gasteiger partial charge in [0.05, 0.1) is 11.0 Å². The van der Waals surface area contributed by atoms with E-state index in [9.17, 15) is 0 Å². The van der Waals surface area contributed by atoms with Gasteiger partial charge in [-0.05, 0) is 90.6 Å². The molecular weight excluding hydrogens is 412 g/mol. The maximum atomic E-state index is 2.43. The van der Waals surface area contributed by atoms with Crippen LogP contribution in [0.3, 0.4) is 0 Å². The number of rotatable bonds is 7. The van der Waals surface area contributed by atoms with E-state index in [0.29, 0.717) is 5.92 Å². The molecule has 2 nitrogen and oxygen atoms in total. The number of fused-ring (bicyclic) bond motifs is 3. The fourth-order valence-corrected chi connectivity index (χ4v) is 4.98. The molecule has 0 aliphatic carbocycles. The van der Waals surface area contributed by atoms with Crippen molar-refractivity contribution in [2.24, 2.45) is 0 Å². The van der Waals surface area contributed by atoms with Crippen molar-refractivity contribution < 1.29 is 0 Å². The highest BCUT2D eigenvalue weighted by molar-refractivity contribution is 6.09. The molecule has 2 heteroatoms. The molecular formula is C32H34N2. The minimum absolute atomic E-state index is 0.564. The van der Waals surface area contributed by atoms with Crippen molar-refractivity contribution in [1.82, 2.24) is 4.57 Å². The van der Waals surface area contributed by atoms with Crippen LogP contribution in [0.5, 0.6) is 0 Å². The van der Waals surface area contributed by atoms with Crippen LogP contribution in [0.25, 0.3) is 27.5 Å². The third-order valence-electron chi connectivity index (χ3n) is 7.21. The van der Waals surface area contributed by atoms with Crippen LogP contribution in [0.1, 0.15) is 50.7 Å². The Labute approximate surface area is 203 Å². The standard InChI is InChI=1S/C32H34N2/c1-5-10-24-13-19-31-29(21-24)30-22-25(23(3)6-2)14-20-32(30)34(31)28-17-15-27(16-18-28)33(4)26-11-8-7-9-12-26/h7-9,11-23H,5-6,10H2,1-4H3. The summed E-state index contributed by atoms with van der Waals surface area (Å²) in [5.41, 5.74) is 8.97. The molecule has 0 aliphatic rings. The highest BCUT2D eigenvalue weighted by Crippen LogP contribution is 2.36. The molecule has 0 saturated carbocycles. The van der Waals surface area contributed by atoms with E-state index in [2.05, 4.69) is 128 Å². The first kappa shape index (κ1) is 22.3. The number of benzene rings is 4. The van der Waals surface area contributed by atoms with E-state index in [1.165, 1.54) is 56.4 Å². The van der Waals surface area contributed by atoms with Gasteiger partial charge in [0.1, 0.15) is 0 Å². The van der Waals surface area contributed by atoms with E-state index >= 15 is 0 Å². The SMILES string of the molecule is CCCc1ccc2c(c1)c1cc(C(C)CC)ccc1n2-c1ccc(N(C)c2ccccc2)cc1. The first-order valence-electron chi connectivity index (χ1n) is 12.6. The zero-order chi connectivity index (χ0) is 23.7. The average Bonchev–Trinajstić information content (AvgIpc) is 3.21. The second-order valence-corrected chi connectivity index (χ2v) is 9.43. The maximum absolute atomic E-state index is 2.43. The largest absolute Gasteiger partial charge is 0.345 e. The molecule has 0 spiro atoms. The zero-order valence-corrected chi connectivity index (χ0v) is 20.8. The van der Waals surface area contributed by atoms with Crippen molar-refractivity contribution in [3.05, 3.63) is 102 Å². The summed E-state index contributed by atoms with van der Waals surface area (Å²) in [5.74, 6) is 0.564. The topological polar surface area (TPSA) is 8.17 Å². The van der Waals surface area contributed by atoms with Crippen LogP contribution in [0.4, 0.5) is 11.4 Å². The van der Waals surface area contributed by atoms with Gasteiger partial charge < -0.3 is 9.47 Å². The Morgan fingerprint density at radius 3 is 2.06 bits per heavy atom. The van der Waals surface area contributed by atoms with E-state index in [-0.39, 0.29) is 0 Å². The molecule has 0 bridgehead atoms. The molecule has 34 heavy (non-hydrogen) atoms. The molecule has 5 rings (SSSR count). The molecule has 0 amide bonds. The number of anilines is 2. The number of para-hydroxylation sites is 1. The van der Waals surface area contributed by atoms with Gasteiger partial charge in [0.15, 0.2) is 0 Å². The lowest BCUT2D eigenvalue weighted by atomic mass is 9.96. The summed E-state index contributed by atoms with van der Waals surface area (Å²) >= 11 is 0. The van der Waals surface area contributed by atoms with Crippen LogP contribution >= 0.6 is 0 Å². The van der Waals surface area contributed by atoms with E-state index in [4.69, 9.17) is 0 Å². The Balaban J connectivity index is 1.64. The van der Waals surface area contributed by atoms with Crippen molar-refractivity contribution in [2.45, 2.75) is 46.0 Å². The van der Waals surface area contributed by atoms with E-state index in [0.717, 1.165) is 12.8 Å². The summed E-state index contributed by atoms with van der Waals surface area (Å²) in [6, 6.07) is 33.5. The molecule has 1 heterocycles. The van der Waals surface area contributed by atoms with Crippen LogP contribution in [-0.2, 0) is 6.42 Å². The molecule has 0 N–H and O–H groups in total. The van der Waals surface area contributed by atoms with Crippen molar-refractivity contribution in [1.29, 1.82) is 0 Å². The monoisotopic (exact) mass is 446 g/mol. The van der Waals surface area contributed by atoms with Gasteiger partial charge >= 0.3 is 0 Å². The van der Waals surface area contributed by atoms with Crippen molar-refractivity contribution in [3.63, 3.8) is 0 Å². The lowest BCUT2D eigenvalue weighted by molar-refractivity contribution is 0.735. The number of aromatic nitrogens is 1. The molecule has 0 aliphatic heterocycles. The van der Waals surface area contributed by atoms with Crippen LogP contribution in [0.15, 0.2) is 91.0 Å². The number of hydrogen-bond acceptors (Lipinski definition) is 1. The molecule has 1 atom stereocenters. The Hall–Kier alpha value is -3.52. The smallest absolute Gasteiger partial charge is 0.0541 e. The van der Waals surface area contributed by atoms with Gasteiger partial charge in [-0.25, -0.2) is 0 Å². The minimum atomic E-state index is 0.564. The highest BCUT2D eigenvalue weighted by atomic mass is 15.1. The molecule has 5 aromatic rings. The lowest BCUT2D eigenvalue weighted by Gasteiger charge is -2.20. The predicted molar refractivity (Wildman–Crippen MR) is 148 cm³/mol. The number of nitrogens with zero attached hydrogens (tertiary/aromatic N) is 2. The second kappa shape index (κ2) is 9.38. The van der Waals surface area contributed by atoms with Crippen LogP contribution in [0, 0.1) is 0 Å². The van der Waals surface area contributed by atoms with Crippen molar-refractivity contribution in [3.8, 4) is 5.69 Å². The second-order valence-electron chi connectivity index (χ2n) is 9.43. The summed E-state index contributed by atoms with van der Waals surface area (Å²) < 4.78 is 2.42. The van der Waals surface area contributed by atoms with Crippen molar-refractivity contribution >= 4 is 33.2 Å². The quantitative estimate of drug-likeness (QED) is 0.242. The molecule has 1 unspecified atom stereocenters. The summed E-state index contributed by atoms with van der Waals surface area (Å²) in [6.45, 7) is 6.85. The third-order valence-corrected chi connectivity index (χ3v) is 7.21. The normalized spacial score (nSPS) is 12.4. The van der Waals surface area contributed by atoms with Gasteiger partial charge in [0.2, 0.25) is 0 Å². The first-order valence-corrected chi connectivity index (χ1v) is 12.6. The van der Waals surface area contributed by atoms with Crippen LogP contribution < -0.4 is 4.90 Å². The summed E-state index contributed by atoms with van der Waals surface area (Å²) in [7, 11) is 2.12. The van der Waals surface area contributed by atoms with Gasteiger partial charge in [0, 0.05) is 34.9 Å². The van der Waals surface area contributed by atoms with Gasteiger partial charge in [-0.15, -0.1) is 0 Å². The summed E-state index contributed by atoms with van der Waals surface area (Å²) in [4.78, 5) is 2.23.